The maximum absolute atomic E-state index is 11.1. The standard InChI is InChI=1S/C9H8O3.C6H7NO2S/c10-8(6-9(11)12)7-4-2-1-3-5-7;7-10(8,9)6-4-2-1-3-5-6/h1-5H,6H2,(H,11,12);1-5H,(H2,7,8,9). The minimum absolute atomic E-state index is 0.148. The fourth-order valence-corrected chi connectivity index (χ4v) is 2.01. The third kappa shape index (κ3) is 6.29. The number of carbonyl (C=O) groups excluding carboxylic acids is 1. The molecule has 0 aliphatic heterocycles. The number of carboxylic acid groups (broad SMARTS) is 1. The molecule has 2 rings (SSSR count). The number of nitrogens with two attached hydrogens (primary N) is 1. The Balaban J connectivity index is 0.000000224. The molecule has 0 saturated heterocycles. The molecule has 2 aromatic carbocycles. The van der Waals surface area contributed by atoms with Crippen LogP contribution in [0.5, 0.6) is 0 Å². The summed E-state index contributed by atoms with van der Waals surface area (Å²) in [6.07, 6.45) is -0.440. The predicted molar refractivity (Wildman–Crippen MR) is 80.8 cm³/mol. The van der Waals surface area contributed by atoms with Crippen molar-refractivity contribution in [3.05, 3.63) is 66.2 Å². The van der Waals surface area contributed by atoms with Crippen molar-refractivity contribution in [3.8, 4) is 0 Å². The van der Waals surface area contributed by atoms with E-state index in [1.54, 1.807) is 48.5 Å². The number of benzene rings is 2. The number of sulfonamides is 1. The number of hydrogen-bond acceptors (Lipinski definition) is 4. The molecule has 0 aromatic heterocycles. The van der Waals surface area contributed by atoms with Gasteiger partial charge in [0.25, 0.3) is 0 Å². The Bertz CT molecular complexity index is 727. The van der Waals surface area contributed by atoms with E-state index in [1.807, 2.05) is 0 Å². The first-order valence-corrected chi connectivity index (χ1v) is 7.73. The normalized spacial score (nSPS) is 10.2. The van der Waals surface area contributed by atoms with E-state index in [9.17, 15) is 18.0 Å². The topological polar surface area (TPSA) is 115 Å². The molecule has 0 heterocycles. The Labute approximate surface area is 128 Å². The van der Waals surface area contributed by atoms with Gasteiger partial charge in [-0.2, -0.15) is 0 Å². The molecule has 0 aliphatic rings. The molecule has 0 spiro atoms. The van der Waals surface area contributed by atoms with Crippen LogP contribution in [0.25, 0.3) is 0 Å². The van der Waals surface area contributed by atoms with E-state index >= 15 is 0 Å². The number of aliphatic carboxylic acids is 1. The molecule has 2 aromatic rings. The number of hydrogen-bond donors (Lipinski definition) is 2. The highest BCUT2D eigenvalue weighted by Gasteiger charge is 2.08. The summed E-state index contributed by atoms with van der Waals surface area (Å²) < 4.78 is 21.2. The zero-order valence-corrected chi connectivity index (χ0v) is 12.4. The van der Waals surface area contributed by atoms with Crippen molar-refractivity contribution < 1.29 is 23.1 Å². The molecule has 0 radical (unpaired) electrons. The average Bonchev–Trinajstić information content (AvgIpc) is 2.48. The Morgan fingerprint density at radius 1 is 0.909 bits per heavy atom. The van der Waals surface area contributed by atoms with Crippen LogP contribution >= 0.6 is 0 Å². The lowest BCUT2D eigenvalue weighted by Gasteiger charge is -1.95. The summed E-state index contributed by atoms with van der Waals surface area (Å²) in [5.74, 6) is -1.45. The van der Waals surface area contributed by atoms with Crippen molar-refractivity contribution in [1.29, 1.82) is 0 Å². The molecule has 0 atom stereocenters. The Hall–Kier alpha value is -2.51. The second-order valence-electron chi connectivity index (χ2n) is 4.22. The van der Waals surface area contributed by atoms with Crippen molar-refractivity contribution in [2.24, 2.45) is 5.14 Å². The van der Waals surface area contributed by atoms with Crippen LogP contribution in [0.1, 0.15) is 16.8 Å². The van der Waals surface area contributed by atoms with E-state index in [2.05, 4.69) is 0 Å². The number of carbonyl (C=O) groups is 2. The highest BCUT2D eigenvalue weighted by Crippen LogP contribution is 2.03. The average molecular weight is 321 g/mol. The summed E-state index contributed by atoms with van der Waals surface area (Å²) in [5, 5.41) is 13.2. The van der Waals surface area contributed by atoms with Gasteiger partial charge in [0.1, 0.15) is 6.42 Å². The van der Waals surface area contributed by atoms with E-state index in [0.29, 0.717) is 5.56 Å². The molecule has 6 nitrogen and oxygen atoms in total. The van der Waals surface area contributed by atoms with Crippen LogP contribution in [0.15, 0.2) is 65.6 Å². The fraction of sp³-hybridized carbons (Fsp3) is 0.0667. The lowest BCUT2D eigenvalue weighted by Crippen LogP contribution is -2.11. The zero-order chi connectivity index (χ0) is 16.6. The largest absolute Gasteiger partial charge is 0.481 e. The van der Waals surface area contributed by atoms with Gasteiger partial charge in [0.05, 0.1) is 4.90 Å². The molecule has 22 heavy (non-hydrogen) atoms. The van der Waals surface area contributed by atoms with Gasteiger partial charge in [0.2, 0.25) is 10.0 Å². The van der Waals surface area contributed by atoms with Gasteiger partial charge < -0.3 is 5.11 Å². The maximum atomic E-state index is 11.1. The lowest BCUT2D eigenvalue weighted by atomic mass is 10.1. The van der Waals surface area contributed by atoms with Crippen LogP contribution < -0.4 is 5.14 Å². The van der Waals surface area contributed by atoms with Gasteiger partial charge >= 0.3 is 5.97 Å². The number of primary sulfonamides is 1. The molecule has 0 saturated carbocycles. The zero-order valence-electron chi connectivity index (χ0n) is 11.5. The maximum Gasteiger partial charge on any atom is 0.311 e. The van der Waals surface area contributed by atoms with Crippen molar-refractivity contribution in [2.45, 2.75) is 11.3 Å². The molecule has 0 fully saturated rings. The monoisotopic (exact) mass is 321 g/mol. The van der Waals surface area contributed by atoms with Gasteiger partial charge in [0, 0.05) is 5.56 Å². The third-order valence-corrected chi connectivity index (χ3v) is 3.41. The minimum atomic E-state index is -3.50. The summed E-state index contributed by atoms with van der Waals surface area (Å²) in [7, 11) is -3.50. The Kier molecular flexibility index (Phi) is 6.43. The third-order valence-electron chi connectivity index (χ3n) is 2.48. The van der Waals surface area contributed by atoms with Crippen LogP contribution in [0.3, 0.4) is 0 Å². The van der Waals surface area contributed by atoms with Gasteiger partial charge in [-0.3, -0.25) is 9.59 Å². The first-order valence-electron chi connectivity index (χ1n) is 6.18. The lowest BCUT2D eigenvalue weighted by molar-refractivity contribution is -0.135. The first-order chi connectivity index (χ1) is 10.3. The van der Waals surface area contributed by atoms with Crippen LogP contribution in [0.4, 0.5) is 0 Å². The van der Waals surface area contributed by atoms with Crippen LogP contribution in [-0.2, 0) is 14.8 Å². The number of carboxylic acids is 1. The van der Waals surface area contributed by atoms with E-state index < -0.39 is 22.4 Å². The van der Waals surface area contributed by atoms with Crippen molar-refractivity contribution in [3.63, 3.8) is 0 Å². The van der Waals surface area contributed by atoms with Crippen molar-refractivity contribution in [1.82, 2.24) is 0 Å². The minimum Gasteiger partial charge on any atom is -0.481 e. The molecular weight excluding hydrogens is 306 g/mol. The molecule has 7 heteroatoms. The highest BCUT2D eigenvalue weighted by atomic mass is 32.2. The van der Waals surface area contributed by atoms with Gasteiger partial charge in [-0.1, -0.05) is 48.5 Å². The van der Waals surface area contributed by atoms with Gasteiger partial charge in [-0.05, 0) is 12.1 Å². The molecule has 0 bridgehead atoms. The van der Waals surface area contributed by atoms with Gasteiger partial charge in [0.15, 0.2) is 5.78 Å². The molecule has 0 amide bonds. The number of rotatable bonds is 4. The molecular formula is C15H15NO5S. The molecule has 0 aliphatic carbocycles. The first kappa shape index (κ1) is 17.5. The van der Waals surface area contributed by atoms with Crippen molar-refractivity contribution in [2.75, 3.05) is 0 Å². The summed E-state index contributed by atoms with van der Waals surface area (Å²) in [6.45, 7) is 0. The van der Waals surface area contributed by atoms with Crippen LogP contribution in [0.2, 0.25) is 0 Å². The van der Waals surface area contributed by atoms with E-state index in [1.165, 1.54) is 12.1 Å². The summed E-state index contributed by atoms with van der Waals surface area (Å²) >= 11 is 0. The van der Waals surface area contributed by atoms with Crippen LogP contribution in [-0.4, -0.2) is 25.3 Å². The second kappa shape index (κ2) is 8.06. The van der Waals surface area contributed by atoms with Crippen LogP contribution in [0, 0.1) is 0 Å². The number of Topliss-reactive ketones (excluding diaryl/α,β-unsaturated/α-hetero) is 1. The molecule has 3 N–H and O–H groups in total. The summed E-state index contributed by atoms with van der Waals surface area (Å²) in [4.78, 5) is 21.4. The van der Waals surface area contributed by atoms with E-state index in [4.69, 9.17) is 10.2 Å². The van der Waals surface area contributed by atoms with Crippen molar-refractivity contribution >= 4 is 21.8 Å². The second-order valence-corrected chi connectivity index (χ2v) is 5.78. The molecule has 0 unspecified atom stereocenters. The Morgan fingerprint density at radius 3 is 1.73 bits per heavy atom. The fourth-order valence-electron chi connectivity index (χ4n) is 1.47. The summed E-state index contributed by atoms with van der Waals surface area (Å²) in [5.41, 5.74) is 0.444. The highest BCUT2D eigenvalue weighted by molar-refractivity contribution is 7.89. The molecule has 116 valence electrons. The SMILES string of the molecule is NS(=O)(=O)c1ccccc1.O=C(O)CC(=O)c1ccccc1. The Morgan fingerprint density at radius 2 is 1.36 bits per heavy atom. The quantitative estimate of drug-likeness (QED) is 0.656. The van der Waals surface area contributed by atoms with E-state index in [0.717, 1.165) is 0 Å². The number of ketones is 1. The van der Waals surface area contributed by atoms with Gasteiger partial charge in [-0.15, -0.1) is 0 Å². The smallest absolute Gasteiger partial charge is 0.311 e. The predicted octanol–water partition coefficient (Wildman–Crippen LogP) is 1.68. The summed E-state index contributed by atoms with van der Waals surface area (Å²) in [6, 6.07) is 16.3. The van der Waals surface area contributed by atoms with Gasteiger partial charge in [-0.25, -0.2) is 13.6 Å². The van der Waals surface area contributed by atoms with E-state index in [-0.39, 0.29) is 10.7 Å².